The van der Waals surface area contributed by atoms with Gasteiger partial charge in [-0.2, -0.15) is 0 Å². The molecular formula is C26H25N3O3S. The van der Waals surface area contributed by atoms with E-state index < -0.39 is 0 Å². The van der Waals surface area contributed by atoms with Crippen LogP contribution in [0.25, 0.3) is 22.4 Å². The second-order valence-corrected chi connectivity index (χ2v) is 8.35. The zero-order valence-electron chi connectivity index (χ0n) is 18.4. The summed E-state index contributed by atoms with van der Waals surface area (Å²) in [5, 5.41) is 12.3. The van der Waals surface area contributed by atoms with Gasteiger partial charge in [-0.05, 0) is 41.8 Å². The number of aromatic nitrogens is 2. The lowest BCUT2D eigenvalue weighted by molar-refractivity contribution is 0.0919. The van der Waals surface area contributed by atoms with Gasteiger partial charge in [-0.25, -0.2) is 0 Å². The van der Waals surface area contributed by atoms with Crippen LogP contribution in [-0.2, 0) is 10.5 Å². The summed E-state index contributed by atoms with van der Waals surface area (Å²) in [4.78, 5) is 12.1. The van der Waals surface area contributed by atoms with Gasteiger partial charge in [0.1, 0.15) is 10.8 Å². The van der Waals surface area contributed by atoms with Gasteiger partial charge in [0.2, 0.25) is 0 Å². The summed E-state index contributed by atoms with van der Waals surface area (Å²) in [5.74, 6) is 1.37. The largest absolute Gasteiger partial charge is 0.455 e. The smallest absolute Gasteiger partial charge is 0.286 e. The van der Waals surface area contributed by atoms with Gasteiger partial charge in [-0.1, -0.05) is 66.4 Å². The van der Waals surface area contributed by atoms with Crippen molar-refractivity contribution < 1.29 is 13.9 Å². The van der Waals surface area contributed by atoms with Gasteiger partial charge in [0.25, 0.3) is 5.91 Å². The standard InChI is InChI=1S/C26H25N3O3S/c1-31-17-5-16-27-26(30)24-14-12-22(32-24)18-33-25-15-13-23(28-29-25)21-10-8-20(9-11-21)19-6-3-2-4-7-19/h2-4,6-15H,5,16-18H2,1H3,(H,27,30). The Labute approximate surface area is 197 Å². The van der Waals surface area contributed by atoms with Crippen molar-refractivity contribution in [1.82, 2.24) is 15.5 Å². The number of amides is 1. The number of thioether (sulfide) groups is 1. The van der Waals surface area contributed by atoms with Crippen molar-refractivity contribution in [3.8, 4) is 22.4 Å². The fourth-order valence-corrected chi connectivity index (χ4v) is 3.95. The summed E-state index contributed by atoms with van der Waals surface area (Å²) in [7, 11) is 1.64. The van der Waals surface area contributed by atoms with Gasteiger partial charge in [-0.3, -0.25) is 4.79 Å². The average molecular weight is 460 g/mol. The number of nitrogens with zero attached hydrogens (tertiary/aromatic N) is 2. The van der Waals surface area contributed by atoms with Crippen LogP contribution in [0.5, 0.6) is 0 Å². The molecule has 0 atom stereocenters. The Kier molecular flexibility index (Phi) is 7.90. The van der Waals surface area contributed by atoms with E-state index in [-0.39, 0.29) is 5.91 Å². The van der Waals surface area contributed by atoms with E-state index in [1.54, 1.807) is 13.2 Å². The molecule has 0 radical (unpaired) electrons. The summed E-state index contributed by atoms with van der Waals surface area (Å²) in [6.45, 7) is 1.16. The highest BCUT2D eigenvalue weighted by Crippen LogP contribution is 2.26. The van der Waals surface area contributed by atoms with E-state index in [0.717, 1.165) is 22.7 Å². The van der Waals surface area contributed by atoms with Gasteiger partial charge in [0.05, 0.1) is 11.4 Å². The maximum atomic E-state index is 12.1. The third-order valence-electron chi connectivity index (χ3n) is 4.99. The summed E-state index contributed by atoms with van der Waals surface area (Å²) in [6.07, 6.45) is 0.761. The minimum absolute atomic E-state index is 0.218. The maximum Gasteiger partial charge on any atom is 0.286 e. The lowest BCUT2D eigenvalue weighted by Crippen LogP contribution is -2.24. The Bertz CT molecular complexity index is 1160. The molecular weight excluding hydrogens is 434 g/mol. The molecule has 0 saturated carbocycles. The van der Waals surface area contributed by atoms with E-state index in [1.807, 2.05) is 36.4 Å². The number of benzene rings is 2. The molecule has 1 amide bonds. The Morgan fingerprint density at radius 1 is 0.909 bits per heavy atom. The molecule has 0 saturated heterocycles. The molecule has 0 unspecified atom stereocenters. The summed E-state index contributed by atoms with van der Waals surface area (Å²) in [5.41, 5.74) is 4.20. The Morgan fingerprint density at radius 2 is 1.67 bits per heavy atom. The van der Waals surface area contributed by atoms with Crippen LogP contribution in [0.3, 0.4) is 0 Å². The third-order valence-corrected chi connectivity index (χ3v) is 5.93. The molecule has 6 nitrogen and oxygen atoms in total. The van der Waals surface area contributed by atoms with Crippen molar-refractivity contribution >= 4 is 17.7 Å². The number of rotatable bonds is 10. The number of nitrogens with one attached hydrogen (secondary N) is 1. The fraction of sp³-hybridized carbons (Fsp3) is 0.192. The second kappa shape index (κ2) is 11.4. The molecule has 4 aromatic rings. The molecule has 0 aliphatic rings. The minimum Gasteiger partial charge on any atom is -0.455 e. The van der Waals surface area contributed by atoms with E-state index in [1.165, 1.54) is 22.9 Å². The second-order valence-electron chi connectivity index (χ2n) is 7.36. The quantitative estimate of drug-likeness (QED) is 0.251. The van der Waals surface area contributed by atoms with Crippen LogP contribution >= 0.6 is 11.8 Å². The van der Waals surface area contributed by atoms with Crippen LogP contribution in [0.1, 0.15) is 22.7 Å². The van der Waals surface area contributed by atoms with Gasteiger partial charge in [0.15, 0.2) is 5.76 Å². The minimum atomic E-state index is -0.218. The van der Waals surface area contributed by atoms with Crippen molar-refractivity contribution in [2.45, 2.75) is 17.2 Å². The van der Waals surface area contributed by atoms with Crippen LogP contribution < -0.4 is 5.32 Å². The zero-order valence-corrected chi connectivity index (χ0v) is 19.2. The van der Waals surface area contributed by atoms with Crippen molar-refractivity contribution in [3.05, 3.63) is 90.4 Å². The monoisotopic (exact) mass is 459 g/mol. The molecule has 1 N–H and O–H groups in total. The molecule has 2 heterocycles. The van der Waals surface area contributed by atoms with Crippen LogP contribution in [0, 0.1) is 0 Å². The molecule has 0 aliphatic heterocycles. The number of hydrogen-bond donors (Lipinski definition) is 1. The molecule has 4 rings (SSSR count). The van der Waals surface area contributed by atoms with Gasteiger partial charge < -0.3 is 14.5 Å². The number of carbonyl (C=O) groups is 1. The number of furan rings is 1. The SMILES string of the molecule is COCCCNC(=O)c1ccc(CSc2ccc(-c3ccc(-c4ccccc4)cc3)nn2)o1. The molecule has 7 heteroatoms. The Morgan fingerprint density at radius 3 is 2.39 bits per heavy atom. The number of ether oxygens (including phenoxy) is 1. The predicted octanol–water partition coefficient (Wildman–Crippen LogP) is 5.46. The normalized spacial score (nSPS) is 10.8. The third kappa shape index (κ3) is 6.31. The van der Waals surface area contributed by atoms with Gasteiger partial charge in [-0.15, -0.1) is 10.2 Å². The number of carbonyl (C=O) groups excluding carboxylic acids is 1. The van der Waals surface area contributed by atoms with Crippen molar-refractivity contribution in [1.29, 1.82) is 0 Å². The molecule has 0 aliphatic carbocycles. The van der Waals surface area contributed by atoms with E-state index in [9.17, 15) is 4.79 Å². The molecule has 2 aromatic heterocycles. The van der Waals surface area contributed by atoms with Crippen molar-refractivity contribution in [2.75, 3.05) is 20.3 Å². The topological polar surface area (TPSA) is 77.2 Å². The average Bonchev–Trinajstić information content (AvgIpc) is 3.36. The molecule has 0 bridgehead atoms. The highest BCUT2D eigenvalue weighted by atomic mass is 32.2. The first-order valence-electron chi connectivity index (χ1n) is 10.7. The molecule has 168 valence electrons. The molecule has 33 heavy (non-hydrogen) atoms. The first-order valence-corrected chi connectivity index (χ1v) is 11.7. The zero-order chi connectivity index (χ0) is 22.9. The highest BCUT2D eigenvalue weighted by Gasteiger charge is 2.11. The van der Waals surface area contributed by atoms with Gasteiger partial charge in [0, 0.05) is 25.8 Å². The summed E-state index contributed by atoms with van der Waals surface area (Å²) >= 11 is 1.51. The Balaban J connectivity index is 1.30. The van der Waals surface area contributed by atoms with Crippen LogP contribution in [-0.4, -0.2) is 36.4 Å². The van der Waals surface area contributed by atoms with Crippen LogP contribution in [0.15, 0.2) is 88.3 Å². The molecule has 0 fully saturated rings. The van der Waals surface area contributed by atoms with Crippen LogP contribution in [0.4, 0.5) is 0 Å². The van der Waals surface area contributed by atoms with Crippen molar-refractivity contribution in [2.24, 2.45) is 0 Å². The first-order chi connectivity index (χ1) is 16.2. The fourth-order valence-electron chi connectivity index (χ4n) is 3.24. The summed E-state index contributed by atoms with van der Waals surface area (Å²) < 4.78 is 10.6. The lowest BCUT2D eigenvalue weighted by atomic mass is 10.0. The van der Waals surface area contributed by atoms with Gasteiger partial charge >= 0.3 is 0 Å². The van der Waals surface area contributed by atoms with Crippen molar-refractivity contribution in [3.63, 3.8) is 0 Å². The van der Waals surface area contributed by atoms with E-state index in [2.05, 4.69) is 51.9 Å². The number of methoxy groups -OCH3 is 1. The van der Waals surface area contributed by atoms with E-state index >= 15 is 0 Å². The number of hydrogen-bond acceptors (Lipinski definition) is 6. The molecule has 0 spiro atoms. The van der Waals surface area contributed by atoms with Crippen LogP contribution in [0.2, 0.25) is 0 Å². The highest BCUT2D eigenvalue weighted by molar-refractivity contribution is 7.98. The lowest BCUT2D eigenvalue weighted by Gasteiger charge is -2.05. The first kappa shape index (κ1) is 22.8. The predicted molar refractivity (Wildman–Crippen MR) is 130 cm³/mol. The van der Waals surface area contributed by atoms with E-state index in [4.69, 9.17) is 9.15 Å². The molecule has 2 aromatic carbocycles. The maximum absolute atomic E-state index is 12.1. The Hall–Kier alpha value is -3.42. The summed E-state index contributed by atoms with van der Waals surface area (Å²) in [6, 6.07) is 26.0. The van der Waals surface area contributed by atoms with E-state index in [0.29, 0.717) is 30.4 Å².